The fourth-order valence-corrected chi connectivity index (χ4v) is 5.17. The standard InChI is InChI=1S/C25H25N5O2/c1-18(31)30(17-25(11-13-26-14-12-25)20-9-5-6-10-22(20)30)24(32)29-23-16-27-21(15-28-23)19-7-3-2-4-8-19/h2-10,15-16,26H,11-14,17H2,1H3/p+1. The predicted octanol–water partition coefficient (Wildman–Crippen LogP) is 3.86. The minimum absolute atomic E-state index is 0.187. The largest absolute Gasteiger partial charge is 0.434 e. The van der Waals surface area contributed by atoms with Crippen LogP contribution in [0.1, 0.15) is 25.3 Å². The van der Waals surface area contributed by atoms with E-state index in [0.717, 1.165) is 48.4 Å². The van der Waals surface area contributed by atoms with Gasteiger partial charge in [-0.3, -0.25) is 10.3 Å². The highest BCUT2D eigenvalue weighted by molar-refractivity contribution is 6.13. The van der Waals surface area contributed by atoms with E-state index in [1.54, 1.807) is 12.4 Å². The Balaban J connectivity index is 1.48. The number of rotatable bonds is 2. The summed E-state index contributed by atoms with van der Waals surface area (Å²) in [6.07, 6.45) is 4.97. The average Bonchev–Trinajstić information content (AvgIpc) is 3.12. The van der Waals surface area contributed by atoms with E-state index in [9.17, 15) is 9.59 Å². The van der Waals surface area contributed by atoms with E-state index < -0.39 is 0 Å². The molecule has 0 saturated carbocycles. The van der Waals surface area contributed by atoms with Crippen LogP contribution in [0, 0.1) is 0 Å². The van der Waals surface area contributed by atoms with E-state index in [0.29, 0.717) is 12.4 Å². The molecule has 0 radical (unpaired) electrons. The molecule has 1 atom stereocenters. The normalized spacial score (nSPS) is 21.2. The third-order valence-corrected chi connectivity index (χ3v) is 6.83. The number of aromatic nitrogens is 2. The van der Waals surface area contributed by atoms with Crippen molar-refractivity contribution in [2.45, 2.75) is 25.2 Å². The first-order valence-corrected chi connectivity index (χ1v) is 10.9. The van der Waals surface area contributed by atoms with Gasteiger partial charge in [0.2, 0.25) is 0 Å². The van der Waals surface area contributed by atoms with Crippen LogP contribution in [0.5, 0.6) is 0 Å². The first-order valence-electron chi connectivity index (χ1n) is 10.9. The van der Waals surface area contributed by atoms with E-state index in [4.69, 9.17) is 0 Å². The van der Waals surface area contributed by atoms with Crippen molar-refractivity contribution in [3.05, 3.63) is 72.6 Å². The van der Waals surface area contributed by atoms with Gasteiger partial charge < -0.3 is 5.32 Å². The Labute approximate surface area is 187 Å². The fraction of sp³-hybridized carbons (Fsp3) is 0.280. The van der Waals surface area contributed by atoms with Gasteiger partial charge in [-0.2, -0.15) is 0 Å². The smallest absolute Gasteiger partial charge is 0.317 e. The van der Waals surface area contributed by atoms with Crippen LogP contribution in [0.15, 0.2) is 67.0 Å². The highest BCUT2D eigenvalue weighted by Crippen LogP contribution is 2.50. The number of nitrogens with one attached hydrogen (secondary N) is 2. The second-order valence-electron chi connectivity index (χ2n) is 8.62. The van der Waals surface area contributed by atoms with E-state index in [2.05, 4.69) is 26.7 Å². The Morgan fingerprint density at radius 3 is 2.38 bits per heavy atom. The SMILES string of the molecule is CC(=O)[N+]1(C(=O)Nc2cnc(-c3ccccc3)cn2)CC2(CCNCC2)c2ccccc21. The molecule has 1 aromatic heterocycles. The summed E-state index contributed by atoms with van der Waals surface area (Å²) in [5.41, 5.74) is 3.37. The first-order chi connectivity index (χ1) is 15.6. The molecule has 2 N–H and O–H groups in total. The van der Waals surface area contributed by atoms with Crippen molar-refractivity contribution < 1.29 is 9.59 Å². The summed E-state index contributed by atoms with van der Waals surface area (Å²) >= 11 is 0. The van der Waals surface area contributed by atoms with Gasteiger partial charge in [0.15, 0.2) is 11.5 Å². The number of piperidine rings is 1. The van der Waals surface area contributed by atoms with Crippen molar-refractivity contribution in [3.8, 4) is 11.3 Å². The number of amides is 3. The van der Waals surface area contributed by atoms with Crippen LogP contribution in [0.3, 0.4) is 0 Å². The molecular weight excluding hydrogens is 402 g/mol. The van der Waals surface area contributed by atoms with Crippen molar-refractivity contribution >= 4 is 23.4 Å². The first kappa shape index (κ1) is 20.5. The molecule has 162 valence electrons. The summed E-state index contributed by atoms with van der Waals surface area (Å²) in [6.45, 7) is 3.69. The maximum Gasteiger partial charge on any atom is 0.434 e. The quantitative estimate of drug-likeness (QED) is 0.606. The van der Waals surface area contributed by atoms with Crippen LogP contribution < -0.4 is 15.1 Å². The van der Waals surface area contributed by atoms with E-state index in [-0.39, 0.29) is 21.8 Å². The van der Waals surface area contributed by atoms with Crippen molar-refractivity contribution in [1.82, 2.24) is 19.8 Å². The number of quaternary nitrogens is 1. The lowest BCUT2D eigenvalue weighted by atomic mass is 9.75. The summed E-state index contributed by atoms with van der Waals surface area (Å²) in [5, 5.41) is 6.27. The van der Waals surface area contributed by atoms with Gasteiger partial charge in [0.05, 0.1) is 30.4 Å². The zero-order valence-corrected chi connectivity index (χ0v) is 18.0. The molecule has 7 heteroatoms. The Bertz CT molecular complexity index is 1160. The number of fused-ring (bicyclic) bond motifs is 2. The highest BCUT2D eigenvalue weighted by Gasteiger charge is 2.60. The molecule has 1 saturated heterocycles. The molecule has 32 heavy (non-hydrogen) atoms. The van der Waals surface area contributed by atoms with E-state index in [1.807, 2.05) is 48.5 Å². The molecule has 1 fully saturated rings. The molecular formula is C25H26N5O2+. The van der Waals surface area contributed by atoms with Crippen molar-refractivity contribution in [3.63, 3.8) is 0 Å². The molecule has 7 nitrogen and oxygen atoms in total. The number of urea groups is 1. The second kappa shape index (κ2) is 7.93. The molecule has 2 aliphatic rings. The number of hydrogen-bond donors (Lipinski definition) is 2. The van der Waals surface area contributed by atoms with Gasteiger partial charge in [-0.05, 0) is 25.9 Å². The van der Waals surface area contributed by atoms with E-state index >= 15 is 0 Å². The zero-order chi connectivity index (χ0) is 22.2. The van der Waals surface area contributed by atoms with Crippen LogP contribution in [-0.2, 0) is 10.2 Å². The van der Waals surface area contributed by atoms with Crippen LogP contribution in [0.4, 0.5) is 16.3 Å². The number of carbonyl (C=O) groups is 2. The predicted molar refractivity (Wildman–Crippen MR) is 124 cm³/mol. The van der Waals surface area contributed by atoms with Gasteiger partial charge in [0.25, 0.3) is 0 Å². The van der Waals surface area contributed by atoms with Crippen LogP contribution >= 0.6 is 0 Å². The zero-order valence-electron chi connectivity index (χ0n) is 18.0. The molecule has 3 aromatic rings. The van der Waals surface area contributed by atoms with Gasteiger partial charge >= 0.3 is 11.9 Å². The third-order valence-electron chi connectivity index (χ3n) is 6.83. The molecule has 3 heterocycles. The number of anilines is 1. The topological polar surface area (TPSA) is 84.0 Å². The van der Waals surface area contributed by atoms with Crippen molar-refractivity contribution in [2.75, 3.05) is 25.0 Å². The molecule has 2 aliphatic heterocycles. The average molecular weight is 429 g/mol. The number of para-hydroxylation sites is 1. The van der Waals surface area contributed by atoms with Crippen LogP contribution in [-0.4, -0.2) is 41.5 Å². The van der Waals surface area contributed by atoms with Crippen LogP contribution in [0.25, 0.3) is 11.3 Å². The molecule has 3 amide bonds. The van der Waals surface area contributed by atoms with Gasteiger partial charge in [-0.25, -0.2) is 14.6 Å². The van der Waals surface area contributed by atoms with Gasteiger partial charge in [0.1, 0.15) is 6.54 Å². The van der Waals surface area contributed by atoms with E-state index in [1.165, 1.54) is 6.92 Å². The van der Waals surface area contributed by atoms with Crippen LogP contribution in [0.2, 0.25) is 0 Å². The maximum atomic E-state index is 13.7. The Hall–Kier alpha value is -3.42. The molecule has 1 spiro atoms. The summed E-state index contributed by atoms with van der Waals surface area (Å²) < 4.78 is -0.349. The summed E-state index contributed by atoms with van der Waals surface area (Å²) in [5.74, 6) is 0.136. The number of nitrogens with zero attached hydrogens (tertiary/aromatic N) is 3. The number of benzene rings is 2. The monoisotopic (exact) mass is 428 g/mol. The minimum Gasteiger partial charge on any atom is -0.317 e. The molecule has 5 rings (SSSR count). The summed E-state index contributed by atoms with van der Waals surface area (Å²) in [6, 6.07) is 17.2. The number of carbonyl (C=O) groups excluding carboxylic acids is 2. The van der Waals surface area contributed by atoms with Gasteiger partial charge in [-0.1, -0.05) is 48.5 Å². The lowest BCUT2D eigenvalue weighted by Gasteiger charge is -2.35. The Morgan fingerprint density at radius 2 is 1.69 bits per heavy atom. The lowest BCUT2D eigenvalue weighted by molar-refractivity contribution is -0.125. The van der Waals surface area contributed by atoms with Gasteiger partial charge in [-0.15, -0.1) is 4.48 Å². The Kier molecular flexibility index (Phi) is 5.07. The van der Waals surface area contributed by atoms with Gasteiger partial charge in [0, 0.05) is 17.2 Å². The maximum absolute atomic E-state index is 13.7. The number of hydrogen-bond acceptors (Lipinski definition) is 5. The molecule has 0 bridgehead atoms. The highest BCUT2D eigenvalue weighted by atomic mass is 16.2. The third kappa shape index (κ3) is 3.21. The lowest BCUT2D eigenvalue weighted by Crippen LogP contribution is -2.61. The summed E-state index contributed by atoms with van der Waals surface area (Å²) in [7, 11) is 0. The molecule has 2 aromatic carbocycles. The molecule has 1 unspecified atom stereocenters. The number of imide groups is 1. The second-order valence-corrected chi connectivity index (χ2v) is 8.62. The van der Waals surface area contributed by atoms with Crippen molar-refractivity contribution in [1.29, 1.82) is 0 Å². The Morgan fingerprint density at radius 1 is 0.969 bits per heavy atom. The molecule has 0 aliphatic carbocycles. The van der Waals surface area contributed by atoms with Crippen molar-refractivity contribution in [2.24, 2.45) is 0 Å². The summed E-state index contributed by atoms with van der Waals surface area (Å²) in [4.78, 5) is 35.6. The minimum atomic E-state index is -0.387. The fourth-order valence-electron chi connectivity index (χ4n) is 5.17.